The van der Waals surface area contributed by atoms with Crippen LogP contribution in [0.3, 0.4) is 0 Å². The van der Waals surface area contributed by atoms with Gasteiger partial charge in [0, 0.05) is 32.6 Å². The molecule has 2 aliphatic heterocycles. The first-order valence-corrected chi connectivity index (χ1v) is 13.7. The fourth-order valence-electron chi connectivity index (χ4n) is 5.17. The molecule has 1 N–H and O–H groups in total. The van der Waals surface area contributed by atoms with Gasteiger partial charge < -0.3 is 19.4 Å². The number of H-pyrrole nitrogens is 1. The highest BCUT2D eigenvalue weighted by molar-refractivity contribution is 7.89. The van der Waals surface area contributed by atoms with Crippen LogP contribution in [0.15, 0.2) is 27.9 Å². The second-order valence-corrected chi connectivity index (χ2v) is 11.5. The number of morpholine rings is 1. The molecule has 0 radical (unpaired) electrons. The quantitative estimate of drug-likeness (QED) is 0.501. The molecule has 2 aliphatic rings. The highest BCUT2D eigenvalue weighted by Gasteiger charge is 2.48. The Morgan fingerprint density at radius 1 is 1.22 bits per heavy atom. The molecule has 5 rings (SSSR count). The predicted octanol–water partition coefficient (Wildman–Crippen LogP) is 1.45. The number of benzene rings is 1. The number of sulfonamides is 1. The van der Waals surface area contributed by atoms with Crippen LogP contribution < -0.4 is 10.3 Å². The van der Waals surface area contributed by atoms with Crippen LogP contribution in [0.1, 0.15) is 31.8 Å². The summed E-state index contributed by atoms with van der Waals surface area (Å²) >= 11 is 0. The minimum Gasteiger partial charge on any atom is -0.493 e. The van der Waals surface area contributed by atoms with Crippen LogP contribution in [0.4, 0.5) is 0 Å². The van der Waals surface area contributed by atoms with Gasteiger partial charge in [-0.25, -0.2) is 17.9 Å². The number of nitrogens with one attached hydrogen (secondary N) is 1. The molecule has 0 unspecified atom stereocenters. The van der Waals surface area contributed by atoms with Gasteiger partial charge in [-0.2, -0.15) is 4.31 Å². The van der Waals surface area contributed by atoms with Crippen LogP contribution >= 0.6 is 0 Å². The Labute approximate surface area is 210 Å². The Morgan fingerprint density at radius 3 is 2.69 bits per heavy atom. The van der Waals surface area contributed by atoms with Gasteiger partial charge in [0.25, 0.3) is 5.56 Å². The molecule has 1 aromatic carbocycles. The average Bonchev–Trinajstić information content (AvgIpc) is 3.14. The van der Waals surface area contributed by atoms with Crippen molar-refractivity contribution in [3.05, 3.63) is 40.1 Å². The van der Waals surface area contributed by atoms with Gasteiger partial charge in [-0.05, 0) is 45.5 Å². The van der Waals surface area contributed by atoms with Crippen molar-refractivity contribution >= 4 is 15.5 Å². The summed E-state index contributed by atoms with van der Waals surface area (Å²) < 4.78 is 42.1. The second-order valence-electron chi connectivity index (χ2n) is 9.56. The molecule has 36 heavy (non-hydrogen) atoms. The molecule has 0 amide bonds. The van der Waals surface area contributed by atoms with Crippen molar-refractivity contribution in [1.82, 2.24) is 28.8 Å². The third kappa shape index (κ3) is 4.21. The number of hydrogen-bond donors (Lipinski definition) is 1. The number of aromatic amines is 1. The number of ether oxygens (including phenoxy) is 2. The summed E-state index contributed by atoms with van der Waals surface area (Å²) in [7, 11) is -1.83. The number of aromatic nitrogens is 4. The van der Waals surface area contributed by atoms with E-state index in [0.29, 0.717) is 67.6 Å². The highest BCUT2D eigenvalue weighted by Crippen LogP contribution is 2.34. The molecule has 0 saturated carbocycles. The summed E-state index contributed by atoms with van der Waals surface area (Å²) in [5.74, 6) is 1.34. The predicted molar refractivity (Wildman–Crippen MR) is 134 cm³/mol. The van der Waals surface area contributed by atoms with E-state index in [1.54, 1.807) is 23.6 Å². The van der Waals surface area contributed by atoms with E-state index in [1.165, 1.54) is 10.4 Å². The molecule has 0 aliphatic carbocycles. The van der Waals surface area contributed by atoms with Crippen molar-refractivity contribution in [2.24, 2.45) is 0 Å². The average molecular weight is 517 g/mol. The first kappa shape index (κ1) is 24.9. The molecule has 0 atom stereocenters. The van der Waals surface area contributed by atoms with Crippen molar-refractivity contribution < 1.29 is 17.9 Å². The van der Waals surface area contributed by atoms with Gasteiger partial charge in [0.05, 0.1) is 29.4 Å². The molecule has 2 fully saturated rings. The Hall–Kier alpha value is -2.80. The Morgan fingerprint density at radius 2 is 2.00 bits per heavy atom. The van der Waals surface area contributed by atoms with Gasteiger partial charge in [-0.3, -0.25) is 4.79 Å². The van der Waals surface area contributed by atoms with Crippen molar-refractivity contribution in [2.75, 3.05) is 46.4 Å². The number of likely N-dealkylation sites (N-methyl/N-ethyl adjacent to an activating group) is 1. The minimum absolute atomic E-state index is 0.115. The Balaban J connectivity index is 1.59. The fourth-order valence-corrected chi connectivity index (χ4v) is 6.70. The number of nitrogens with zero attached hydrogens (tertiary/aromatic N) is 5. The molecule has 2 saturated heterocycles. The molecule has 4 heterocycles. The van der Waals surface area contributed by atoms with Gasteiger partial charge in [0.2, 0.25) is 10.0 Å². The number of imidazole rings is 1. The molecular formula is C24H32N6O5S. The highest BCUT2D eigenvalue weighted by atomic mass is 32.2. The molecule has 1 spiro atoms. The zero-order chi connectivity index (χ0) is 25.7. The van der Waals surface area contributed by atoms with Gasteiger partial charge in [0.15, 0.2) is 11.3 Å². The van der Waals surface area contributed by atoms with Crippen LogP contribution in [0.25, 0.3) is 16.9 Å². The summed E-state index contributed by atoms with van der Waals surface area (Å²) in [5.41, 5.74) is 0.585. The number of likely N-dealkylation sites (tertiary alicyclic amines) is 1. The van der Waals surface area contributed by atoms with Crippen LogP contribution in [0.2, 0.25) is 0 Å². The van der Waals surface area contributed by atoms with Crippen molar-refractivity contribution in [2.45, 2.75) is 44.1 Å². The molecule has 0 bridgehead atoms. The lowest BCUT2D eigenvalue weighted by atomic mass is 9.93. The number of fused-ring (bicyclic) bond motifs is 1. The molecule has 3 aromatic rings. The number of hydrogen-bond acceptors (Lipinski definition) is 8. The zero-order valence-electron chi connectivity index (χ0n) is 21.1. The number of rotatable bonds is 7. The summed E-state index contributed by atoms with van der Waals surface area (Å²) in [6, 6.07) is 4.69. The summed E-state index contributed by atoms with van der Waals surface area (Å²) in [4.78, 5) is 22.6. The SMILES string of the molecule is CCCc1nc(C)c2c(=O)[nH]c(-c3cc(S(=O)(=O)N4CCOC5(CN(C)C5)C4)ccc3OCC)nn12. The lowest BCUT2D eigenvalue weighted by Crippen LogP contribution is -2.69. The number of aryl methyl sites for hydroxylation is 2. The largest absolute Gasteiger partial charge is 0.493 e. The van der Waals surface area contributed by atoms with Crippen molar-refractivity contribution in [3.8, 4) is 17.1 Å². The van der Waals surface area contributed by atoms with E-state index >= 15 is 0 Å². The minimum atomic E-state index is -3.81. The topological polar surface area (TPSA) is 122 Å². The van der Waals surface area contributed by atoms with E-state index in [0.717, 1.165) is 6.42 Å². The monoisotopic (exact) mass is 516 g/mol. The standard InChI is InChI=1S/C24H32N6O5S/c1-5-7-20-25-16(3)21-23(31)26-22(27-30(20)21)18-12-17(8-9-19(18)34-6-2)36(32,33)29-10-11-35-24(15-29)13-28(4)14-24/h8-9,12H,5-7,10-11,13-15H2,1-4H3,(H,26,27,31). The molecular weight excluding hydrogens is 484 g/mol. The van der Waals surface area contributed by atoms with E-state index in [-0.39, 0.29) is 22.8 Å². The Bertz CT molecular complexity index is 1450. The molecule has 12 heteroatoms. The maximum absolute atomic E-state index is 13.7. The normalized spacial score (nSPS) is 18.6. The van der Waals surface area contributed by atoms with E-state index in [4.69, 9.17) is 9.47 Å². The van der Waals surface area contributed by atoms with Crippen LogP contribution in [0.5, 0.6) is 5.75 Å². The maximum Gasteiger partial charge on any atom is 0.277 e. The first-order valence-electron chi connectivity index (χ1n) is 12.3. The third-order valence-electron chi connectivity index (χ3n) is 6.69. The zero-order valence-corrected chi connectivity index (χ0v) is 21.9. The van der Waals surface area contributed by atoms with Crippen LogP contribution in [-0.4, -0.2) is 89.2 Å². The maximum atomic E-state index is 13.7. The van der Waals surface area contributed by atoms with E-state index in [2.05, 4.69) is 20.0 Å². The summed E-state index contributed by atoms with van der Waals surface area (Å²) in [6.45, 7) is 8.35. The lowest BCUT2D eigenvalue weighted by Gasteiger charge is -2.52. The van der Waals surface area contributed by atoms with Gasteiger partial charge in [-0.1, -0.05) is 6.92 Å². The Kier molecular flexibility index (Phi) is 6.39. The van der Waals surface area contributed by atoms with Crippen LogP contribution in [0, 0.1) is 6.92 Å². The summed E-state index contributed by atoms with van der Waals surface area (Å²) in [5, 5.41) is 4.66. The molecule has 2 aromatic heterocycles. The smallest absolute Gasteiger partial charge is 0.277 e. The van der Waals surface area contributed by atoms with Crippen molar-refractivity contribution in [3.63, 3.8) is 0 Å². The summed E-state index contributed by atoms with van der Waals surface area (Å²) in [6.07, 6.45) is 1.50. The third-order valence-corrected chi connectivity index (χ3v) is 8.53. The van der Waals surface area contributed by atoms with Gasteiger partial charge >= 0.3 is 0 Å². The lowest BCUT2D eigenvalue weighted by molar-refractivity contribution is -0.164. The van der Waals surface area contributed by atoms with E-state index in [1.807, 2.05) is 20.9 Å². The van der Waals surface area contributed by atoms with Gasteiger partial charge in [-0.15, -0.1) is 5.10 Å². The van der Waals surface area contributed by atoms with E-state index in [9.17, 15) is 13.2 Å². The first-order chi connectivity index (χ1) is 17.2. The molecule has 194 valence electrons. The van der Waals surface area contributed by atoms with Gasteiger partial charge in [0.1, 0.15) is 17.2 Å². The van der Waals surface area contributed by atoms with E-state index < -0.39 is 15.6 Å². The van der Waals surface area contributed by atoms with Crippen molar-refractivity contribution in [1.29, 1.82) is 0 Å². The second kappa shape index (κ2) is 9.25. The fraction of sp³-hybridized carbons (Fsp3) is 0.542. The van der Waals surface area contributed by atoms with Crippen LogP contribution in [-0.2, 0) is 21.2 Å². The molecule has 11 nitrogen and oxygen atoms in total.